The Bertz CT molecular complexity index is 313. The van der Waals surface area contributed by atoms with Gasteiger partial charge in [0.1, 0.15) is 0 Å². The van der Waals surface area contributed by atoms with E-state index >= 15 is 0 Å². The molecule has 1 aliphatic carbocycles. The summed E-state index contributed by atoms with van der Waals surface area (Å²) in [5, 5.41) is 0. The van der Waals surface area contributed by atoms with Crippen LogP contribution in [0, 0.1) is 5.92 Å². The Balaban J connectivity index is 2.95. The molecular weight excluding hydrogens is 192 g/mol. The van der Waals surface area contributed by atoms with E-state index in [4.69, 9.17) is 0 Å². The molecule has 0 saturated heterocycles. The number of allylic oxidation sites excluding steroid dienone is 8. The van der Waals surface area contributed by atoms with Crippen molar-refractivity contribution >= 4 is 0 Å². The molecule has 0 heteroatoms. The van der Waals surface area contributed by atoms with Crippen LogP contribution in [0.25, 0.3) is 0 Å². The van der Waals surface area contributed by atoms with Crippen molar-refractivity contribution in [2.75, 3.05) is 0 Å². The Hall–Kier alpha value is -1.04. The van der Waals surface area contributed by atoms with E-state index in [0.717, 1.165) is 6.42 Å². The van der Waals surface area contributed by atoms with Crippen LogP contribution in [-0.4, -0.2) is 0 Å². The van der Waals surface area contributed by atoms with Crippen LogP contribution in [0.2, 0.25) is 0 Å². The quantitative estimate of drug-likeness (QED) is 0.608. The van der Waals surface area contributed by atoms with Crippen LogP contribution in [0.4, 0.5) is 0 Å². The highest BCUT2D eigenvalue weighted by molar-refractivity contribution is 5.29. The van der Waals surface area contributed by atoms with Crippen LogP contribution >= 0.6 is 0 Å². The second-order valence-corrected chi connectivity index (χ2v) is 4.47. The Kier molecular flexibility index (Phi) is 5.92. The molecule has 1 atom stereocenters. The van der Waals surface area contributed by atoms with Crippen molar-refractivity contribution < 1.29 is 0 Å². The predicted molar refractivity (Wildman–Crippen MR) is 73.4 cm³/mol. The number of hydrogen-bond acceptors (Lipinski definition) is 0. The van der Waals surface area contributed by atoms with Gasteiger partial charge in [0.2, 0.25) is 0 Å². The summed E-state index contributed by atoms with van der Waals surface area (Å²) in [4.78, 5) is 0. The van der Waals surface area contributed by atoms with E-state index in [2.05, 4.69) is 57.2 Å². The molecule has 0 radical (unpaired) electrons. The summed E-state index contributed by atoms with van der Waals surface area (Å²) in [6.45, 7) is 6.75. The van der Waals surface area contributed by atoms with E-state index in [0.29, 0.717) is 5.92 Å². The van der Waals surface area contributed by atoms with Gasteiger partial charge in [-0.3, -0.25) is 0 Å². The highest BCUT2D eigenvalue weighted by atomic mass is 14.1. The predicted octanol–water partition coefficient (Wildman–Crippen LogP) is 5.20. The van der Waals surface area contributed by atoms with Crippen molar-refractivity contribution in [1.29, 1.82) is 0 Å². The van der Waals surface area contributed by atoms with Crippen LogP contribution in [0.1, 0.15) is 46.5 Å². The van der Waals surface area contributed by atoms with Crippen LogP contribution in [-0.2, 0) is 0 Å². The first kappa shape index (κ1) is 13.0. The lowest BCUT2D eigenvalue weighted by atomic mass is 9.96. The average Bonchev–Trinajstić information content (AvgIpc) is 2.29. The smallest absolute Gasteiger partial charge is 0.00755 e. The molecule has 0 aliphatic heterocycles. The first-order valence-corrected chi connectivity index (χ1v) is 6.50. The Morgan fingerprint density at radius 2 is 2.00 bits per heavy atom. The first-order chi connectivity index (χ1) is 7.77. The van der Waals surface area contributed by atoms with E-state index in [-0.39, 0.29) is 0 Å². The third-order valence-electron chi connectivity index (χ3n) is 3.03. The van der Waals surface area contributed by atoms with Gasteiger partial charge in [-0.05, 0) is 30.8 Å². The third-order valence-corrected chi connectivity index (χ3v) is 3.03. The molecular formula is C16H24. The lowest BCUT2D eigenvalue weighted by molar-refractivity contribution is 0.871. The van der Waals surface area contributed by atoms with Gasteiger partial charge in [-0.2, -0.15) is 0 Å². The molecule has 0 aromatic carbocycles. The molecule has 0 bridgehead atoms. The van der Waals surface area contributed by atoms with E-state index in [9.17, 15) is 0 Å². The van der Waals surface area contributed by atoms with Crippen LogP contribution in [0.5, 0.6) is 0 Å². The molecule has 1 unspecified atom stereocenters. The minimum Gasteiger partial charge on any atom is -0.0805 e. The van der Waals surface area contributed by atoms with E-state index in [1.807, 2.05) is 0 Å². The van der Waals surface area contributed by atoms with Gasteiger partial charge in [0.15, 0.2) is 0 Å². The normalized spacial score (nSPS) is 32.1. The molecule has 1 rings (SSSR count). The second-order valence-electron chi connectivity index (χ2n) is 4.47. The van der Waals surface area contributed by atoms with Crippen molar-refractivity contribution in [3.8, 4) is 0 Å². The standard InChI is InChI=1S/C16H24/c1-4-9-16-13-12-14(3)10-7-6-8-11-15(16)5-2/h6-8,10,12-14H,4-5,9,11H2,1-3H3/b8-6-,10-7-,13-12-,16-15-. The van der Waals surface area contributed by atoms with Gasteiger partial charge in [-0.15, -0.1) is 0 Å². The fraction of sp³-hybridized carbons (Fsp3) is 0.500. The maximum absolute atomic E-state index is 2.34. The van der Waals surface area contributed by atoms with Gasteiger partial charge in [-0.25, -0.2) is 0 Å². The monoisotopic (exact) mass is 216 g/mol. The minimum absolute atomic E-state index is 0.535. The summed E-state index contributed by atoms with van der Waals surface area (Å²) < 4.78 is 0. The van der Waals surface area contributed by atoms with Crippen molar-refractivity contribution in [3.05, 3.63) is 47.6 Å². The van der Waals surface area contributed by atoms with Gasteiger partial charge < -0.3 is 0 Å². The summed E-state index contributed by atoms with van der Waals surface area (Å²) in [5.74, 6) is 0.535. The zero-order chi connectivity index (χ0) is 11.8. The van der Waals surface area contributed by atoms with E-state index < -0.39 is 0 Å². The highest BCUT2D eigenvalue weighted by Crippen LogP contribution is 2.21. The Morgan fingerprint density at radius 3 is 2.69 bits per heavy atom. The summed E-state index contributed by atoms with van der Waals surface area (Å²) in [7, 11) is 0. The summed E-state index contributed by atoms with van der Waals surface area (Å²) in [6, 6.07) is 0. The van der Waals surface area contributed by atoms with Crippen molar-refractivity contribution in [3.63, 3.8) is 0 Å². The topological polar surface area (TPSA) is 0 Å². The lowest BCUT2D eigenvalue weighted by Crippen LogP contribution is -1.91. The average molecular weight is 216 g/mol. The molecule has 16 heavy (non-hydrogen) atoms. The fourth-order valence-electron chi connectivity index (χ4n) is 2.01. The molecule has 0 heterocycles. The van der Waals surface area contributed by atoms with Crippen molar-refractivity contribution in [1.82, 2.24) is 0 Å². The van der Waals surface area contributed by atoms with Crippen LogP contribution in [0.15, 0.2) is 47.6 Å². The molecule has 0 aromatic rings. The SMILES string of the molecule is CCCC1=C(\CC)C/C=C\C=C/C(C)/C=C\1. The zero-order valence-electron chi connectivity index (χ0n) is 10.9. The lowest BCUT2D eigenvalue weighted by Gasteiger charge is -2.10. The zero-order valence-corrected chi connectivity index (χ0v) is 10.9. The number of rotatable bonds is 3. The van der Waals surface area contributed by atoms with E-state index in [1.54, 1.807) is 11.1 Å². The summed E-state index contributed by atoms with van der Waals surface area (Å²) in [5.41, 5.74) is 3.15. The summed E-state index contributed by atoms with van der Waals surface area (Å²) in [6.07, 6.45) is 18.2. The maximum atomic E-state index is 2.34. The molecule has 0 amide bonds. The van der Waals surface area contributed by atoms with Gasteiger partial charge >= 0.3 is 0 Å². The van der Waals surface area contributed by atoms with E-state index in [1.165, 1.54) is 19.3 Å². The molecule has 0 nitrogen and oxygen atoms in total. The Labute approximate surface area is 100 Å². The molecule has 0 aromatic heterocycles. The highest BCUT2D eigenvalue weighted by Gasteiger charge is 2.02. The summed E-state index contributed by atoms with van der Waals surface area (Å²) >= 11 is 0. The number of hydrogen-bond donors (Lipinski definition) is 0. The van der Waals surface area contributed by atoms with Gasteiger partial charge in [0.05, 0.1) is 0 Å². The second kappa shape index (κ2) is 7.27. The third kappa shape index (κ3) is 4.22. The van der Waals surface area contributed by atoms with Gasteiger partial charge in [-0.1, -0.05) is 69.2 Å². The van der Waals surface area contributed by atoms with Gasteiger partial charge in [0, 0.05) is 0 Å². The van der Waals surface area contributed by atoms with Crippen LogP contribution in [0.3, 0.4) is 0 Å². The van der Waals surface area contributed by atoms with Crippen molar-refractivity contribution in [2.24, 2.45) is 5.92 Å². The molecule has 88 valence electrons. The van der Waals surface area contributed by atoms with Crippen LogP contribution < -0.4 is 0 Å². The molecule has 1 aliphatic rings. The fourth-order valence-corrected chi connectivity index (χ4v) is 2.01. The maximum Gasteiger partial charge on any atom is -0.00755 e. The molecule has 0 spiro atoms. The molecule has 0 saturated carbocycles. The molecule has 0 N–H and O–H groups in total. The largest absolute Gasteiger partial charge is 0.0805 e. The van der Waals surface area contributed by atoms with Crippen molar-refractivity contribution in [2.45, 2.75) is 46.5 Å². The first-order valence-electron chi connectivity index (χ1n) is 6.50. The molecule has 0 fully saturated rings. The Morgan fingerprint density at radius 1 is 1.19 bits per heavy atom. The minimum atomic E-state index is 0.535. The van der Waals surface area contributed by atoms with Gasteiger partial charge in [0.25, 0.3) is 0 Å².